The first kappa shape index (κ1) is 9.68. The smallest absolute Gasteiger partial charge is 0.118 e. The summed E-state index contributed by atoms with van der Waals surface area (Å²) in [4.78, 5) is 0. The highest BCUT2D eigenvalue weighted by molar-refractivity contribution is 14.1. The summed E-state index contributed by atoms with van der Waals surface area (Å²) in [6.07, 6.45) is 0. The summed E-state index contributed by atoms with van der Waals surface area (Å²) >= 11 is 2.26. The zero-order chi connectivity index (χ0) is 6.69. The van der Waals surface area contributed by atoms with Crippen molar-refractivity contribution in [3.05, 3.63) is 27.8 Å². The Hall–Kier alpha value is -0.320. The highest BCUT2D eigenvalue weighted by Gasteiger charge is 1.86. The van der Waals surface area contributed by atoms with Gasteiger partial charge in [0.2, 0.25) is 0 Å². The van der Waals surface area contributed by atoms with E-state index in [9.17, 15) is 0 Å². The van der Waals surface area contributed by atoms with Crippen LogP contribution in [-0.2, 0) is 0 Å². The van der Waals surface area contributed by atoms with Gasteiger partial charge >= 0.3 is 0 Å². The number of rotatable bonds is 1. The van der Waals surface area contributed by atoms with Gasteiger partial charge < -0.3 is 4.74 Å². The molecule has 0 bridgehead atoms. The van der Waals surface area contributed by atoms with Crippen LogP contribution in [0.5, 0.6) is 5.75 Å². The zero-order valence-electron chi connectivity index (χ0n) is 5.50. The fraction of sp³-hybridized carbons (Fsp3) is 0.143. The molecule has 0 saturated carbocycles. The summed E-state index contributed by atoms with van der Waals surface area (Å²) in [6, 6.07) is 7.92. The van der Waals surface area contributed by atoms with Crippen molar-refractivity contribution >= 4 is 22.6 Å². The summed E-state index contributed by atoms with van der Waals surface area (Å²) in [6.45, 7) is 0. The maximum Gasteiger partial charge on any atom is 0.118 e. The van der Waals surface area contributed by atoms with Crippen LogP contribution in [0.3, 0.4) is 0 Å². The molecule has 0 spiro atoms. The van der Waals surface area contributed by atoms with E-state index < -0.39 is 0 Å². The lowest BCUT2D eigenvalue weighted by Crippen LogP contribution is -1.80. The van der Waals surface area contributed by atoms with E-state index in [-0.39, 0.29) is 4.70 Å². The molecule has 1 aromatic rings. The van der Waals surface area contributed by atoms with E-state index in [0.717, 1.165) is 5.75 Å². The maximum absolute atomic E-state index is 4.97. The van der Waals surface area contributed by atoms with Crippen LogP contribution in [0.4, 0.5) is 4.70 Å². The molecule has 3 heteroatoms. The van der Waals surface area contributed by atoms with E-state index >= 15 is 0 Å². The SMILES string of the molecule is COc1ccc(I)cc1.F. The second-order valence-corrected chi connectivity index (χ2v) is 2.90. The lowest BCUT2D eigenvalue weighted by Gasteiger charge is -1.96. The predicted molar refractivity (Wildman–Crippen MR) is 48.2 cm³/mol. The van der Waals surface area contributed by atoms with Gasteiger partial charge in [0.1, 0.15) is 5.75 Å². The fourth-order valence-electron chi connectivity index (χ4n) is 0.571. The van der Waals surface area contributed by atoms with Gasteiger partial charge in [-0.15, -0.1) is 0 Å². The molecule has 1 aromatic carbocycles. The minimum absolute atomic E-state index is 0. The van der Waals surface area contributed by atoms with Crippen molar-refractivity contribution in [3.8, 4) is 5.75 Å². The number of benzene rings is 1. The topological polar surface area (TPSA) is 9.23 Å². The van der Waals surface area contributed by atoms with Gasteiger partial charge in [-0.05, 0) is 46.9 Å². The molecule has 0 amide bonds. The standard InChI is InChI=1S/C7H7IO.FH/c1-9-7-4-2-6(8)3-5-7;/h2-5H,1H3;1H. The van der Waals surface area contributed by atoms with Crippen LogP contribution in [0.25, 0.3) is 0 Å². The number of methoxy groups -OCH3 is 1. The Morgan fingerprint density at radius 1 is 1.20 bits per heavy atom. The molecule has 1 nitrogen and oxygen atoms in total. The molecular weight excluding hydrogens is 246 g/mol. The van der Waals surface area contributed by atoms with Gasteiger partial charge in [-0.25, -0.2) is 0 Å². The fourth-order valence-corrected chi connectivity index (χ4v) is 0.930. The van der Waals surface area contributed by atoms with Crippen LogP contribution >= 0.6 is 22.6 Å². The van der Waals surface area contributed by atoms with Crippen molar-refractivity contribution in [3.63, 3.8) is 0 Å². The predicted octanol–water partition coefficient (Wildman–Crippen LogP) is 2.45. The van der Waals surface area contributed by atoms with Crippen LogP contribution in [-0.4, -0.2) is 7.11 Å². The summed E-state index contributed by atoms with van der Waals surface area (Å²) in [5.74, 6) is 0.912. The quantitative estimate of drug-likeness (QED) is 0.699. The molecule has 10 heavy (non-hydrogen) atoms. The molecule has 0 N–H and O–H groups in total. The van der Waals surface area contributed by atoms with Gasteiger partial charge in [0.05, 0.1) is 7.11 Å². The van der Waals surface area contributed by atoms with Gasteiger partial charge in [-0.1, -0.05) is 0 Å². The summed E-state index contributed by atoms with van der Waals surface area (Å²) in [5.41, 5.74) is 0. The molecule has 0 heterocycles. The van der Waals surface area contributed by atoms with Gasteiger partial charge in [-0.3, -0.25) is 4.70 Å². The zero-order valence-corrected chi connectivity index (χ0v) is 7.66. The van der Waals surface area contributed by atoms with Gasteiger partial charge in [0.15, 0.2) is 0 Å². The Morgan fingerprint density at radius 3 is 2.10 bits per heavy atom. The first-order valence-electron chi connectivity index (χ1n) is 2.62. The van der Waals surface area contributed by atoms with Crippen LogP contribution in [0.15, 0.2) is 24.3 Å². The number of halogens is 2. The van der Waals surface area contributed by atoms with Crippen molar-refractivity contribution < 1.29 is 9.44 Å². The maximum atomic E-state index is 4.97. The Bertz CT molecular complexity index is 185. The average molecular weight is 254 g/mol. The van der Waals surface area contributed by atoms with Crippen LogP contribution in [0, 0.1) is 3.57 Å². The highest BCUT2D eigenvalue weighted by Crippen LogP contribution is 2.11. The lowest BCUT2D eigenvalue weighted by atomic mass is 10.3. The first-order chi connectivity index (χ1) is 4.33. The molecule has 0 aliphatic heterocycles. The van der Waals surface area contributed by atoms with Gasteiger partial charge in [0, 0.05) is 3.57 Å². The third-order valence-electron chi connectivity index (χ3n) is 1.05. The monoisotopic (exact) mass is 254 g/mol. The molecule has 56 valence electrons. The Balaban J connectivity index is 0.000000810. The van der Waals surface area contributed by atoms with Crippen LogP contribution in [0.2, 0.25) is 0 Å². The largest absolute Gasteiger partial charge is 0.497 e. The summed E-state index contributed by atoms with van der Waals surface area (Å²) in [7, 11) is 1.67. The molecule has 0 aromatic heterocycles. The number of ether oxygens (including phenoxy) is 1. The molecule has 0 fully saturated rings. The van der Waals surface area contributed by atoms with Gasteiger partial charge in [0.25, 0.3) is 0 Å². The molecule has 1 rings (SSSR count). The third-order valence-corrected chi connectivity index (χ3v) is 1.77. The second kappa shape index (κ2) is 4.49. The van der Waals surface area contributed by atoms with E-state index in [1.165, 1.54) is 3.57 Å². The van der Waals surface area contributed by atoms with E-state index in [1.807, 2.05) is 24.3 Å². The molecule has 0 aliphatic carbocycles. The third kappa shape index (κ3) is 2.51. The molecule has 0 atom stereocenters. The van der Waals surface area contributed by atoms with Gasteiger partial charge in [-0.2, -0.15) is 0 Å². The minimum atomic E-state index is 0. The average Bonchev–Trinajstić information content (AvgIpc) is 1.90. The first-order valence-corrected chi connectivity index (χ1v) is 3.70. The van der Waals surface area contributed by atoms with Crippen molar-refractivity contribution in [1.29, 1.82) is 0 Å². The number of hydrogen-bond acceptors (Lipinski definition) is 1. The number of hydrogen-bond donors (Lipinski definition) is 0. The highest BCUT2D eigenvalue weighted by atomic mass is 127. The normalized spacial score (nSPS) is 8.20. The van der Waals surface area contributed by atoms with Crippen molar-refractivity contribution in [2.24, 2.45) is 0 Å². The Kier molecular flexibility index (Phi) is 4.34. The molecular formula is C7H8FIO. The Labute approximate surface area is 72.9 Å². The lowest BCUT2D eigenvalue weighted by molar-refractivity contribution is 0.414. The molecule has 0 unspecified atom stereocenters. The van der Waals surface area contributed by atoms with E-state index in [0.29, 0.717) is 0 Å². The van der Waals surface area contributed by atoms with Crippen LogP contribution < -0.4 is 4.74 Å². The van der Waals surface area contributed by atoms with Crippen molar-refractivity contribution in [2.45, 2.75) is 0 Å². The molecule has 0 radical (unpaired) electrons. The summed E-state index contributed by atoms with van der Waals surface area (Å²) < 4.78 is 6.20. The van der Waals surface area contributed by atoms with Crippen LogP contribution in [0.1, 0.15) is 0 Å². The second-order valence-electron chi connectivity index (χ2n) is 1.66. The minimum Gasteiger partial charge on any atom is -0.497 e. The van der Waals surface area contributed by atoms with Crippen molar-refractivity contribution in [1.82, 2.24) is 0 Å². The van der Waals surface area contributed by atoms with Crippen molar-refractivity contribution in [2.75, 3.05) is 7.11 Å². The molecule has 0 saturated heterocycles. The van der Waals surface area contributed by atoms with E-state index in [4.69, 9.17) is 4.74 Å². The Morgan fingerprint density at radius 2 is 1.70 bits per heavy atom. The van der Waals surface area contributed by atoms with E-state index in [1.54, 1.807) is 7.11 Å². The van der Waals surface area contributed by atoms with E-state index in [2.05, 4.69) is 22.6 Å². The summed E-state index contributed by atoms with van der Waals surface area (Å²) in [5, 5.41) is 0. The molecule has 0 aliphatic rings.